The molecule has 26 heavy (non-hydrogen) atoms. The zero-order chi connectivity index (χ0) is 18.1. The van der Waals surface area contributed by atoms with Gasteiger partial charge in [-0.1, -0.05) is 6.07 Å². The van der Waals surface area contributed by atoms with Gasteiger partial charge in [0.25, 0.3) is 5.91 Å². The number of nitrogens with zero attached hydrogens (tertiary/aromatic N) is 4. The third-order valence-electron chi connectivity index (χ3n) is 5.07. The van der Waals surface area contributed by atoms with Crippen LogP contribution in [-0.2, 0) is 0 Å². The van der Waals surface area contributed by atoms with Gasteiger partial charge < -0.3 is 21.1 Å². The predicted molar refractivity (Wildman–Crippen MR) is 97.0 cm³/mol. The van der Waals surface area contributed by atoms with Crippen LogP contribution < -0.4 is 16.0 Å². The summed E-state index contributed by atoms with van der Waals surface area (Å²) >= 11 is 0. The van der Waals surface area contributed by atoms with Crippen LogP contribution in [0.25, 0.3) is 0 Å². The summed E-state index contributed by atoms with van der Waals surface area (Å²) in [5.74, 6) is 1.40. The number of hydrogen-bond donors (Lipinski definition) is 3. The monoisotopic (exact) mass is 354 g/mol. The fourth-order valence-corrected chi connectivity index (χ4v) is 3.55. The first-order valence-corrected chi connectivity index (χ1v) is 8.87. The van der Waals surface area contributed by atoms with E-state index in [0.717, 1.165) is 37.3 Å². The third kappa shape index (κ3) is 3.45. The molecule has 0 aromatic carbocycles. The number of anilines is 2. The molecule has 0 spiro atoms. The predicted octanol–water partition coefficient (Wildman–Crippen LogP) is 0.900. The molecule has 4 rings (SSSR count). The Balaban J connectivity index is 1.36. The minimum atomic E-state index is -0.527. The lowest BCUT2D eigenvalue weighted by Crippen LogP contribution is -2.35. The summed E-state index contributed by atoms with van der Waals surface area (Å²) in [6, 6.07) is 7.54. The van der Waals surface area contributed by atoms with Crippen LogP contribution in [0.3, 0.4) is 0 Å². The van der Waals surface area contributed by atoms with Crippen LogP contribution in [0.2, 0.25) is 0 Å². The Morgan fingerprint density at radius 2 is 2.15 bits per heavy atom. The Morgan fingerprint density at radius 1 is 1.31 bits per heavy atom. The molecule has 8 nitrogen and oxygen atoms in total. The van der Waals surface area contributed by atoms with Crippen LogP contribution in [0.15, 0.2) is 30.6 Å². The summed E-state index contributed by atoms with van der Waals surface area (Å²) in [5, 5.41) is 13.0. The van der Waals surface area contributed by atoms with Gasteiger partial charge in [-0.25, -0.2) is 15.0 Å². The number of carbonyl (C=O) groups excluding carboxylic acids is 1. The molecule has 1 amide bonds. The fraction of sp³-hybridized carbons (Fsp3) is 0.444. The molecule has 2 aromatic rings. The van der Waals surface area contributed by atoms with E-state index in [-0.39, 0.29) is 11.8 Å². The van der Waals surface area contributed by atoms with Gasteiger partial charge in [-0.15, -0.1) is 0 Å². The second kappa shape index (κ2) is 6.87. The van der Waals surface area contributed by atoms with Crippen molar-refractivity contribution >= 4 is 17.5 Å². The van der Waals surface area contributed by atoms with Crippen molar-refractivity contribution < 1.29 is 9.90 Å². The van der Waals surface area contributed by atoms with E-state index in [2.05, 4.69) is 25.2 Å². The van der Waals surface area contributed by atoms with Crippen LogP contribution in [0.5, 0.6) is 0 Å². The molecular weight excluding hydrogens is 332 g/mol. The van der Waals surface area contributed by atoms with Crippen molar-refractivity contribution in [2.24, 2.45) is 5.73 Å². The summed E-state index contributed by atoms with van der Waals surface area (Å²) in [7, 11) is 0. The number of aromatic nitrogens is 3. The molecule has 136 valence electrons. The van der Waals surface area contributed by atoms with Gasteiger partial charge in [-0.2, -0.15) is 0 Å². The van der Waals surface area contributed by atoms with Crippen LogP contribution >= 0.6 is 0 Å². The van der Waals surface area contributed by atoms with Gasteiger partial charge in [0.05, 0.1) is 6.10 Å². The molecule has 2 fully saturated rings. The quantitative estimate of drug-likeness (QED) is 0.730. The first-order chi connectivity index (χ1) is 12.6. The van der Waals surface area contributed by atoms with Gasteiger partial charge in [0.1, 0.15) is 23.7 Å². The summed E-state index contributed by atoms with van der Waals surface area (Å²) < 4.78 is 0. The topological polar surface area (TPSA) is 117 Å². The van der Waals surface area contributed by atoms with E-state index in [1.165, 1.54) is 0 Å². The molecule has 1 atom stereocenters. The van der Waals surface area contributed by atoms with E-state index in [1.807, 2.05) is 12.1 Å². The lowest BCUT2D eigenvalue weighted by Gasteiger charge is -2.36. The van der Waals surface area contributed by atoms with Crippen molar-refractivity contribution in [2.45, 2.75) is 37.3 Å². The van der Waals surface area contributed by atoms with Crippen LogP contribution in [0.1, 0.15) is 41.4 Å². The van der Waals surface area contributed by atoms with Gasteiger partial charge in [-0.05, 0) is 31.4 Å². The van der Waals surface area contributed by atoms with Gasteiger partial charge >= 0.3 is 0 Å². The van der Waals surface area contributed by atoms with Gasteiger partial charge in [0, 0.05) is 36.8 Å². The Hall–Kier alpha value is -2.74. The maximum atomic E-state index is 11.2. The maximum absolute atomic E-state index is 11.2. The lowest BCUT2D eigenvalue weighted by atomic mass is 9.78. The number of aliphatic hydroxyl groups excluding tert-OH is 1. The maximum Gasteiger partial charge on any atom is 0.267 e. The number of primary amides is 1. The van der Waals surface area contributed by atoms with E-state index in [0.29, 0.717) is 24.3 Å². The van der Waals surface area contributed by atoms with Crippen molar-refractivity contribution in [3.05, 3.63) is 42.0 Å². The fourth-order valence-electron chi connectivity index (χ4n) is 3.55. The molecule has 3 heterocycles. The van der Waals surface area contributed by atoms with Crippen molar-refractivity contribution in [3.63, 3.8) is 0 Å². The molecule has 1 aliphatic heterocycles. The highest BCUT2D eigenvalue weighted by Crippen LogP contribution is 2.38. The van der Waals surface area contributed by atoms with Gasteiger partial charge in [0.2, 0.25) is 0 Å². The normalized spacial score (nSPS) is 25.0. The number of pyridine rings is 1. The third-order valence-corrected chi connectivity index (χ3v) is 5.07. The van der Waals surface area contributed by atoms with Crippen molar-refractivity contribution in [1.82, 2.24) is 15.0 Å². The van der Waals surface area contributed by atoms with E-state index in [1.54, 1.807) is 18.5 Å². The first-order valence-electron chi connectivity index (χ1n) is 8.87. The highest BCUT2D eigenvalue weighted by Gasteiger charge is 2.32. The Bertz CT molecular complexity index is 808. The molecule has 1 saturated heterocycles. The van der Waals surface area contributed by atoms with E-state index >= 15 is 0 Å². The second-order valence-corrected chi connectivity index (χ2v) is 6.97. The van der Waals surface area contributed by atoms with Gasteiger partial charge in [0.15, 0.2) is 0 Å². The standard InChI is InChI=1S/C18H22N6O2/c19-18(26)14-2-1-3-16(23-14)22-12-6-11(7-12)15-8-17(21-10-20-15)24-5-4-13(25)9-24/h1-3,8,10-13,25H,4-7,9H2,(H2,19,26)(H,22,23)/t11?,12?,13-/m0/s1. The molecule has 0 unspecified atom stereocenters. The number of rotatable bonds is 5. The number of nitrogens with one attached hydrogen (secondary N) is 1. The van der Waals surface area contributed by atoms with E-state index in [9.17, 15) is 9.90 Å². The largest absolute Gasteiger partial charge is 0.391 e. The Labute approximate surface area is 151 Å². The molecule has 1 saturated carbocycles. The van der Waals surface area contributed by atoms with Gasteiger partial charge in [-0.3, -0.25) is 4.79 Å². The molecular formula is C18H22N6O2. The zero-order valence-corrected chi connectivity index (χ0v) is 14.4. The van der Waals surface area contributed by atoms with Crippen molar-refractivity contribution in [3.8, 4) is 0 Å². The van der Waals surface area contributed by atoms with Crippen molar-refractivity contribution in [1.29, 1.82) is 0 Å². The zero-order valence-electron chi connectivity index (χ0n) is 14.4. The summed E-state index contributed by atoms with van der Waals surface area (Å²) in [5.41, 5.74) is 6.57. The number of amides is 1. The smallest absolute Gasteiger partial charge is 0.267 e. The number of carbonyl (C=O) groups is 1. The highest BCUT2D eigenvalue weighted by atomic mass is 16.3. The SMILES string of the molecule is NC(=O)c1cccc(NC2CC(c3cc(N4CC[C@H](O)C4)ncn3)C2)n1. The minimum absolute atomic E-state index is 0.263. The van der Waals surface area contributed by atoms with E-state index < -0.39 is 5.91 Å². The Morgan fingerprint density at radius 3 is 2.88 bits per heavy atom. The highest BCUT2D eigenvalue weighted by molar-refractivity contribution is 5.91. The second-order valence-electron chi connectivity index (χ2n) is 6.97. The van der Waals surface area contributed by atoms with Crippen molar-refractivity contribution in [2.75, 3.05) is 23.3 Å². The van der Waals surface area contributed by atoms with Crippen LogP contribution in [0.4, 0.5) is 11.6 Å². The number of nitrogens with two attached hydrogens (primary N) is 1. The molecule has 0 radical (unpaired) electrons. The summed E-state index contributed by atoms with van der Waals surface area (Å²) in [6.45, 7) is 1.46. The summed E-state index contributed by atoms with van der Waals surface area (Å²) in [6.07, 6.45) is 4.01. The molecule has 1 aliphatic carbocycles. The Kier molecular flexibility index (Phi) is 4.42. The number of aliphatic hydroxyl groups is 1. The molecule has 0 bridgehead atoms. The average molecular weight is 354 g/mol. The average Bonchev–Trinajstić information content (AvgIpc) is 3.04. The number of β-amino-alcohol motifs (C(OH)–C–C–N with tert-alkyl or cyclic N) is 1. The first kappa shape index (κ1) is 16.7. The molecule has 8 heteroatoms. The lowest BCUT2D eigenvalue weighted by molar-refractivity contribution is 0.0995. The molecule has 2 aliphatic rings. The molecule has 4 N–H and O–H groups in total. The van der Waals surface area contributed by atoms with Crippen LogP contribution in [-0.4, -0.2) is 51.2 Å². The summed E-state index contributed by atoms with van der Waals surface area (Å²) in [4.78, 5) is 26.3. The van der Waals surface area contributed by atoms with E-state index in [4.69, 9.17) is 5.73 Å². The number of hydrogen-bond acceptors (Lipinski definition) is 7. The molecule has 2 aromatic heterocycles. The minimum Gasteiger partial charge on any atom is -0.391 e. The van der Waals surface area contributed by atoms with Crippen LogP contribution in [0, 0.1) is 0 Å².